The van der Waals surface area contributed by atoms with Gasteiger partial charge in [0.25, 0.3) is 0 Å². The van der Waals surface area contributed by atoms with E-state index in [1.807, 2.05) is 17.0 Å². The first-order valence-electron chi connectivity index (χ1n) is 20.4. The van der Waals surface area contributed by atoms with E-state index in [-0.39, 0.29) is 53.4 Å². The molecule has 59 heavy (non-hydrogen) atoms. The van der Waals surface area contributed by atoms with Crippen LogP contribution in [-0.4, -0.2) is 113 Å². The van der Waals surface area contributed by atoms with Gasteiger partial charge in [-0.1, -0.05) is 23.7 Å². The number of nitrogens with one attached hydrogen (secondary N) is 3. The first kappa shape index (κ1) is 40.7. The van der Waals surface area contributed by atoms with Gasteiger partial charge in [-0.3, -0.25) is 34.4 Å². The Balaban J connectivity index is 0.803. The summed E-state index contributed by atoms with van der Waals surface area (Å²) < 4.78 is 40.4. The minimum absolute atomic E-state index is 0.0137. The molecule has 5 aliphatic rings. The number of carbonyl (C=O) groups is 4. The standard InChI is InChI=1S/C41H48ClF3N10O4/c42-32-23-47-39(51-36(32)54-14-1-2-28(24-54)41(43,44)45)49-30-20-31(22-46-21-30)55-19-13-40(38(55)59)11-17-53(18-12-40)35(57)25-52-15-9-27(10-16-52)26-3-5-29(6-4-26)48-33-7-8-34(56)50-37(33)58/h3-6,20-23,27-28,33,48H,1-2,7-19,24-25H2,(H,47,49,51)(H,50,56,58)/t28-,33?/m0/s1. The van der Waals surface area contributed by atoms with Crippen LogP contribution < -0.4 is 25.8 Å². The van der Waals surface area contributed by atoms with Crippen LogP contribution >= 0.6 is 11.6 Å². The van der Waals surface area contributed by atoms with E-state index < -0.39 is 23.6 Å². The van der Waals surface area contributed by atoms with Crippen molar-refractivity contribution in [3.63, 3.8) is 0 Å². The normalized spacial score (nSPS) is 23.1. The molecule has 5 saturated heterocycles. The third-order valence-electron chi connectivity index (χ3n) is 12.7. The van der Waals surface area contributed by atoms with Crippen molar-refractivity contribution in [3.8, 4) is 0 Å². The first-order valence-corrected chi connectivity index (χ1v) is 20.8. The third kappa shape index (κ3) is 9.10. The Kier molecular flexibility index (Phi) is 11.7. The summed E-state index contributed by atoms with van der Waals surface area (Å²) in [7, 11) is 0. The van der Waals surface area contributed by atoms with Gasteiger partial charge in [0, 0.05) is 44.8 Å². The van der Waals surface area contributed by atoms with E-state index >= 15 is 0 Å². The second kappa shape index (κ2) is 16.9. The fraction of sp³-hybridized carbons (Fsp3) is 0.537. The van der Waals surface area contributed by atoms with Crippen molar-refractivity contribution in [1.29, 1.82) is 0 Å². The fourth-order valence-corrected chi connectivity index (χ4v) is 9.37. The molecule has 5 fully saturated rings. The molecule has 0 bridgehead atoms. The molecule has 5 aliphatic heterocycles. The van der Waals surface area contributed by atoms with Crippen molar-refractivity contribution in [1.82, 2.24) is 30.1 Å². The van der Waals surface area contributed by atoms with Crippen LogP contribution in [0.25, 0.3) is 0 Å². The number of hydrogen-bond donors (Lipinski definition) is 3. The summed E-state index contributed by atoms with van der Waals surface area (Å²) in [4.78, 5) is 71.4. The highest BCUT2D eigenvalue weighted by molar-refractivity contribution is 6.32. The molecular weight excluding hydrogens is 789 g/mol. The number of rotatable bonds is 9. The van der Waals surface area contributed by atoms with Gasteiger partial charge in [-0.2, -0.15) is 18.2 Å². The fourth-order valence-electron chi connectivity index (χ4n) is 9.16. The number of aromatic nitrogens is 3. The van der Waals surface area contributed by atoms with Crippen LogP contribution in [0.4, 0.5) is 42.0 Å². The number of benzene rings is 1. The highest BCUT2D eigenvalue weighted by Gasteiger charge is 2.49. The third-order valence-corrected chi connectivity index (χ3v) is 13.0. The van der Waals surface area contributed by atoms with Gasteiger partial charge in [-0.25, -0.2) is 4.98 Å². The van der Waals surface area contributed by atoms with Crippen molar-refractivity contribution in [3.05, 3.63) is 59.5 Å². The molecule has 1 unspecified atom stereocenters. The van der Waals surface area contributed by atoms with E-state index in [9.17, 15) is 32.3 Å². The Morgan fingerprint density at radius 3 is 2.39 bits per heavy atom. The van der Waals surface area contributed by atoms with Gasteiger partial charge < -0.3 is 25.3 Å². The monoisotopic (exact) mass is 836 g/mol. The summed E-state index contributed by atoms with van der Waals surface area (Å²) in [6.45, 7) is 3.70. The smallest absolute Gasteiger partial charge is 0.374 e. The lowest BCUT2D eigenvalue weighted by molar-refractivity contribution is -0.176. The minimum atomic E-state index is -4.30. The van der Waals surface area contributed by atoms with Gasteiger partial charge in [0.15, 0.2) is 5.82 Å². The average molecular weight is 837 g/mol. The summed E-state index contributed by atoms with van der Waals surface area (Å²) >= 11 is 6.35. The van der Waals surface area contributed by atoms with Gasteiger partial charge >= 0.3 is 6.18 Å². The predicted octanol–water partition coefficient (Wildman–Crippen LogP) is 5.49. The van der Waals surface area contributed by atoms with E-state index in [1.165, 1.54) is 11.8 Å². The van der Waals surface area contributed by atoms with E-state index in [4.69, 9.17) is 11.6 Å². The maximum Gasteiger partial charge on any atom is 0.393 e. The quantitative estimate of drug-likeness (QED) is 0.235. The van der Waals surface area contributed by atoms with Crippen molar-refractivity contribution in [2.75, 3.05) is 72.8 Å². The van der Waals surface area contributed by atoms with Crippen LogP contribution in [0.2, 0.25) is 5.02 Å². The number of imide groups is 1. The van der Waals surface area contributed by atoms with Gasteiger partial charge in [0.1, 0.15) is 11.1 Å². The molecular formula is C41H48ClF3N10O4. The summed E-state index contributed by atoms with van der Waals surface area (Å²) in [5.74, 6) is -1.13. The highest BCUT2D eigenvalue weighted by Crippen LogP contribution is 2.44. The Morgan fingerprint density at radius 1 is 0.915 bits per heavy atom. The first-order chi connectivity index (χ1) is 28.3. The molecule has 3 N–H and O–H groups in total. The van der Waals surface area contributed by atoms with E-state index in [1.54, 1.807) is 28.3 Å². The van der Waals surface area contributed by atoms with Gasteiger partial charge in [0.2, 0.25) is 29.6 Å². The van der Waals surface area contributed by atoms with Crippen molar-refractivity contribution in [2.45, 2.75) is 75.9 Å². The SMILES string of the molecule is O=C1CCC(Nc2ccc(C3CCN(CC(=O)N4CCC5(CC4)CCN(c4cncc(Nc6ncc(Cl)c(N7CCC[C@H](C(F)(F)F)C7)n6)c4)C5=O)CC3)cc2)C(=O)N1. The predicted molar refractivity (Wildman–Crippen MR) is 215 cm³/mol. The molecule has 314 valence electrons. The number of carbonyl (C=O) groups excluding carboxylic acids is 4. The zero-order valence-electron chi connectivity index (χ0n) is 32.6. The molecule has 18 heteroatoms. The molecule has 2 atom stereocenters. The maximum absolute atomic E-state index is 14.0. The lowest BCUT2D eigenvalue weighted by Crippen LogP contribution is -2.49. The molecule has 8 rings (SSSR count). The molecule has 0 saturated carbocycles. The highest BCUT2D eigenvalue weighted by atomic mass is 35.5. The summed E-state index contributed by atoms with van der Waals surface area (Å²) in [6, 6.07) is 9.48. The molecule has 14 nitrogen and oxygen atoms in total. The molecule has 0 radical (unpaired) electrons. The summed E-state index contributed by atoms with van der Waals surface area (Å²) in [5, 5.41) is 8.84. The van der Waals surface area contributed by atoms with Crippen molar-refractivity contribution < 1.29 is 32.3 Å². The van der Waals surface area contributed by atoms with E-state index in [0.29, 0.717) is 88.5 Å². The Hall–Kier alpha value is -5.03. The maximum atomic E-state index is 14.0. The van der Waals surface area contributed by atoms with Crippen LogP contribution in [0.1, 0.15) is 69.3 Å². The second-order valence-corrected chi connectivity index (χ2v) is 16.8. The lowest BCUT2D eigenvalue weighted by Gasteiger charge is -2.39. The summed E-state index contributed by atoms with van der Waals surface area (Å²) in [6.07, 6.45) is 5.20. The van der Waals surface area contributed by atoms with Crippen LogP contribution in [0.3, 0.4) is 0 Å². The average Bonchev–Trinajstić information content (AvgIpc) is 3.54. The van der Waals surface area contributed by atoms with Gasteiger partial charge in [0.05, 0.1) is 47.8 Å². The Morgan fingerprint density at radius 2 is 1.66 bits per heavy atom. The van der Waals surface area contributed by atoms with Crippen molar-refractivity contribution in [2.24, 2.45) is 11.3 Å². The number of pyridine rings is 1. The summed E-state index contributed by atoms with van der Waals surface area (Å²) in [5.41, 5.74) is 2.63. The van der Waals surface area contributed by atoms with Crippen LogP contribution in [0, 0.1) is 11.3 Å². The number of likely N-dealkylation sites (tertiary alicyclic amines) is 2. The zero-order valence-corrected chi connectivity index (χ0v) is 33.4. The largest absolute Gasteiger partial charge is 0.393 e. The molecule has 1 spiro atoms. The number of alkyl halides is 3. The Bertz CT molecular complexity index is 2060. The van der Waals surface area contributed by atoms with Gasteiger partial charge in [-0.15, -0.1) is 0 Å². The molecule has 1 aromatic carbocycles. The lowest BCUT2D eigenvalue weighted by atomic mass is 9.77. The minimum Gasteiger partial charge on any atom is -0.374 e. The van der Waals surface area contributed by atoms with Crippen molar-refractivity contribution >= 4 is 64.1 Å². The van der Waals surface area contributed by atoms with Crippen LogP contribution in [0.15, 0.2) is 48.9 Å². The molecule has 3 aromatic rings. The molecule has 0 aliphatic carbocycles. The van der Waals surface area contributed by atoms with Gasteiger partial charge in [-0.05, 0) is 94.1 Å². The molecule has 4 amide bonds. The number of piperidine rings is 4. The number of anilines is 5. The zero-order chi connectivity index (χ0) is 41.3. The number of amides is 4. The molecule has 7 heterocycles. The topological polar surface area (TPSA) is 156 Å². The number of halogens is 4. The van der Waals surface area contributed by atoms with Crippen LogP contribution in [-0.2, 0) is 19.2 Å². The number of nitrogens with zero attached hydrogens (tertiary/aromatic N) is 7. The van der Waals surface area contributed by atoms with E-state index in [0.717, 1.165) is 31.6 Å². The van der Waals surface area contributed by atoms with E-state index in [2.05, 4.69) is 47.9 Å². The Labute approximate surface area is 345 Å². The second-order valence-electron chi connectivity index (χ2n) is 16.4. The number of hydrogen-bond acceptors (Lipinski definition) is 11. The molecule has 2 aromatic heterocycles. The van der Waals surface area contributed by atoms with Crippen LogP contribution in [0.5, 0.6) is 0 Å².